The Bertz CT molecular complexity index is 2500. The number of hydrogen-bond acceptors (Lipinski definition) is 1. The van der Waals surface area contributed by atoms with Crippen LogP contribution in [-0.4, -0.2) is 9.55 Å². The van der Waals surface area contributed by atoms with Crippen LogP contribution in [0.2, 0.25) is 0 Å². The predicted molar refractivity (Wildman–Crippen MR) is 207 cm³/mol. The van der Waals surface area contributed by atoms with Crippen molar-refractivity contribution in [3.8, 4) is 50.5 Å². The number of allylic oxidation sites excluding steroid dienone is 4. The lowest BCUT2D eigenvalue weighted by atomic mass is 9.85. The molecule has 0 radical (unpaired) electrons. The number of benzene rings is 6. The van der Waals surface area contributed by atoms with Crippen LogP contribution in [0.25, 0.3) is 77.6 Å². The fourth-order valence-corrected chi connectivity index (χ4v) is 7.44. The Balaban J connectivity index is 1.22. The second-order valence-electron chi connectivity index (χ2n) is 12.6. The number of pyridine rings is 1. The molecule has 0 atom stereocenters. The zero-order chi connectivity index (χ0) is 32.6. The third-order valence-electron chi connectivity index (χ3n) is 9.69. The summed E-state index contributed by atoms with van der Waals surface area (Å²) < 4.78 is 2.35. The first-order valence-electron chi connectivity index (χ1n) is 17.0. The van der Waals surface area contributed by atoms with Crippen LogP contribution in [0.3, 0.4) is 0 Å². The molecule has 49 heavy (non-hydrogen) atoms. The van der Waals surface area contributed by atoms with Crippen molar-refractivity contribution in [3.63, 3.8) is 0 Å². The Morgan fingerprint density at radius 2 is 1.04 bits per heavy atom. The predicted octanol–water partition coefficient (Wildman–Crippen LogP) is 12.6. The Morgan fingerprint density at radius 3 is 1.65 bits per heavy atom. The van der Waals surface area contributed by atoms with E-state index in [-0.39, 0.29) is 0 Å². The molecule has 2 heteroatoms. The average molecular weight is 627 g/mol. The minimum atomic E-state index is 0.950. The largest absolute Gasteiger partial charge is 0.308 e. The summed E-state index contributed by atoms with van der Waals surface area (Å²) in [6.45, 7) is 0. The number of fused-ring (bicyclic) bond motifs is 2. The van der Waals surface area contributed by atoms with Gasteiger partial charge in [0.05, 0.1) is 29.0 Å². The molecule has 0 saturated heterocycles. The van der Waals surface area contributed by atoms with E-state index in [9.17, 15) is 0 Å². The van der Waals surface area contributed by atoms with Gasteiger partial charge in [0.15, 0.2) is 0 Å². The van der Waals surface area contributed by atoms with Gasteiger partial charge in [0.25, 0.3) is 0 Å². The van der Waals surface area contributed by atoms with Crippen LogP contribution in [0.15, 0.2) is 182 Å². The van der Waals surface area contributed by atoms with Gasteiger partial charge in [0.2, 0.25) is 0 Å². The Kier molecular flexibility index (Phi) is 7.33. The van der Waals surface area contributed by atoms with E-state index in [0.29, 0.717) is 0 Å². The molecule has 9 rings (SSSR count). The van der Waals surface area contributed by atoms with Crippen molar-refractivity contribution in [1.29, 1.82) is 0 Å². The summed E-state index contributed by atoms with van der Waals surface area (Å²) in [4.78, 5) is 5.12. The maximum absolute atomic E-state index is 5.12. The Morgan fingerprint density at radius 1 is 0.449 bits per heavy atom. The van der Waals surface area contributed by atoms with Crippen LogP contribution >= 0.6 is 0 Å². The van der Waals surface area contributed by atoms with E-state index >= 15 is 0 Å². The van der Waals surface area contributed by atoms with Crippen molar-refractivity contribution < 1.29 is 0 Å². The molecule has 0 fully saturated rings. The molecule has 2 heterocycles. The lowest BCUT2D eigenvalue weighted by Crippen LogP contribution is -2.03. The third-order valence-corrected chi connectivity index (χ3v) is 9.69. The van der Waals surface area contributed by atoms with Gasteiger partial charge in [0.1, 0.15) is 0 Å². The summed E-state index contributed by atoms with van der Waals surface area (Å²) in [6.07, 6.45) is 11.0. The molecule has 0 aliphatic heterocycles. The minimum absolute atomic E-state index is 0.950. The summed E-state index contributed by atoms with van der Waals surface area (Å²) in [7, 11) is 0. The second kappa shape index (κ2) is 12.4. The van der Waals surface area contributed by atoms with Crippen LogP contribution in [0, 0.1) is 0 Å². The van der Waals surface area contributed by atoms with Gasteiger partial charge >= 0.3 is 0 Å². The maximum atomic E-state index is 5.12. The Labute approximate surface area is 287 Å². The highest BCUT2D eigenvalue weighted by molar-refractivity contribution is 6.21. The van der Waals surface area contributed by atoms with Gasteiger partial charge < -0.3 is 4.57 Å². The van der Waals surface area contributed by atoms with Crippen LogP contribution in [0.1, 0.15) is 18.5 Å². The molecule has 232 valence electrons. The summed E-state index contributed by atoms with van der Waals surface area (Å²) in [5, 5.41) is 4.97. The topological polar surface area (TPSA) is 17.8 Å². The molecule has 8 aromatic rings. The number of aromatic nitrogens is 2. The Hall–Kier alpha value is -6.25. The van der Waals surface area contributed by atoms with Crippen LogP contribution in [0.4, 0.5) is 0 Å². The van der Waals surface area contributed by atoms with E-state index in [0.717, 1.165) is 35.5 Å². The van der Waals surface area contributed by atoms with Crippen LogP contribution < -0.4 is 0 Å². The standard InChI is InChI=1S/C47H34N2/c1-5-15-33(16-6-1)44-29-30-45(34-17-7-2-8-18-34)49(44)38-26-28-43(48-32-38)37-25-27-41-42(31-37)47(36-21-11-4-12-22-36)40-24-14-13-23-39(40)46(41)35-19-9-3-10-20-35/h1,3-7,9-32H,2,8H2. The lowest BCUT2D eigenvalue weighted by molar-refractivity contribution is 1.01. The smallest absolute Gasteiger partial charge is 0.0703 e. The van der Waals surface area contributed by atoms with Gasteiger partial charge in [0, 0.05) is 5.56 Å². The molecular formula is C47H34N2. The summed E-state index contributed by atoms with van der Waals surface area (Å²) in [6, 6.07) is 56.7. The average Bonchev–Trinajstić information content (AvgIpc) is 3.64. The van der Waals surface area contributed by atoms with E-state index in [4.69, 9.17) is 4.98 Å². The van der Waals surface area contributed by atoms with Crippen molar-refractivity contribution in [2.75, 3.05) is 0 Å². The fourth-order valence-electron chi connectivity index (χ4n) is 7.44. The first-order valence-corrected chi connectivity index (χ1v) is 17.0. The van der Waals surface area contributed by atoms with Crippen molar-refractivity contribution in [2.45, 2.75) is 12.8 Å². The van der Waals surface area contributed by atoms with Gasteiger partial charge in [-0.15, -0.1) is 0 Å². The van der Waals surface area contributed by atoms with E-state index in [1.54, 1.807) is 0 Å². The van der Waals surface area contributed by atoms with Gasteiger partial charge in [-0.05, 0) is 98.1 Å². The van der Waals surface area contributed by atoms with Crippen molar-refractivity contribution in [3.05, 3.63) is 188 Å². The van der Waals surface area contributed by atoms with Crippen LogP contribution in [0.5, 0.6) is 0 Å². The first kappa shape index (κ1) is 28.9. The molecule has 0 saturated carbocycles. The van der Waals surface area contributed by atoms with Gasteiger partial charge in [-0.25, -0.2) is 0 Å². The first-order chi connectivity index (χ1) is 24.3. The third kappa shape index (κ3) is 5.19. The lowest BCUT2D eigenvalue weighted by Gasteiger charge is -2.19. The molecule has 0 spiro atoms. The molecule has 1 aliphatic carbocycles. The SMILES string of the molecule is C1=CC(c2ccc(-c3ccccc3)n2-c2ccc(-c3ccc4c(-c5ccccc5)c5ccccc5c(-c5ccccc5)c4c3)nc2)=CCC1. The molecular weight excluding hydrogens is 593 g/mol. The summed E-state index contributed by atoms with van der Waals surface area (Å²) in [5.41, 5.74) is 12.8. The van der Waals surface area contributed by atoms with Crippen molar-refractivity contribution in [2.24, 2.45) is 0 Å². The van der Waals surface area contributed by atoms with Gasteiger partial charge in [-0.3, -0.25) is 4.98 Å². The number of hydrogen-bond donors (Lipinski definition) is 0. The van der Waals surface area contributed by atoms with Gasteiger partial charge in [-0.2, -0.15) is 0 Å². The van der Waals surface area contributed by atoms with E-state index in [1.165, 1.54) is 60.6 Å². The minimum Gasteiger partial charge on any atom is -0.308 e. The molecule has 0 N–H and O–H groups in total. The highest BCUT2D eigenvalue weighted by Crippen LogP contribution is 2.44. The summed E-state index contributed by atoms with van der Waals surface area (Å²) >= 11 is 0. The van der Waals surface area contributed by atoms with Gasteiger partial charge in [-0.1, -0.05) is 146 Å². The second-order valence-corrected chi connectivity index (χ2v) is 12.6. The highest BCUT2D eigenvalue weighted by Gasteiger charge is 2.19. The molecule has 1 aliphatic rings. The zero-order valence-electron chi connectivity index (χ0n) is 27.1. The van der Waals surface area contributed by atoms with Crippen molar-refractivity contribution >= 4 is 27.1 Å². The van der Waals surface area contributed by atoms with E-state index < -0.39 is 0 Å². The summed E-state index contributed by atoms with van der Waals surface area (Å²) in [5.74, 6) is 0. The molecule has 0 amide bonds. The fraction of sp³-hybridized carbons (Fsp3) is 0.0426. The van der Waals surface area contributed by atoms with E-state index in [2.05, 4.69) is 181 Å². The molecule has 2 nitrogen and oxygen atoms in total. The molecule has 0 unspecified atom stereocenters. The zero-order valence-corrected chi connectivity index (χ0v) is 27.1. The molecule has 2 aromatic heterocycles. The number of nitrogens with zero attached hydrogens (tertiary/aromatic N) is 2. The highest BCUT2D eigenvalue weighted by atomic mass is 15.0. The van der Waals surface area contributed by atoms with E-state index in [1.807, 2.05) is 6.20 Å². The maximum Gasteiger partial charge on any atom is 0.0703 e. The van der Waals surface area contributed by atoms with Crippen LogP contribution in [-0.2, 0) is 0 Å². The van der Waals surface area contributed by atoms with Crippen molar-refractivity contribution in [1.82, 2.24) is 9.55 Å². The molecule has 0 bridgehead atoms. The normalized spacial score (nSPS) is 12.8. The quantitative estimate of drug-likeness (QED) is 0.168. The molecule has 6 aromatic carbocycles. The number of rotatable bonds is 6. The monoisotopic (exact) mass is 626 g/mol.